The zero-order valence-electron chi connectivity index (χ0n) is 12.3. The van der Waals surface area contributed by atoms with Crippen molar-refractivity contribution < 1.29 is 0 Å². The summed E-state index contributed by atoms with van der Waals surface area (Å²) in [5.41, 5.74) is 2.50. The fourth-order valence-corrected chi connectivity index (χ4v) is 3.88. The Morgan fingerprint density at radius 3 is 2.85 bits per heavy atom. The molecule has 0 bridgehead atoms. The van der Waals surface area contributed by atoms with Gasteiger partial charge in [0.25, 0.3) is 0 Å². The molecule has 1 unspecified atom stereocenters. The molecule has 1 saturated carbocycles. The van der Waals surface area contributed by atoms with Crippen molar-refractivity contribution in [2.75, 3.05) is 6.54 Å². The van der Waals surface area contributed by atoms with E-state index in [9.17, 15) is 4.79 Å². The third kappa shape index (κ3) is 3.32. The average Bonchev–Trinajstić information content (AvgIpc) is 2.96. The Morgan fingerprint density at radius 1 is 1.15 bits per heavy atom. The second-order valence-corrected chi connectivity index (χ2v) is 6.45. The van der Waals surface area contributed by atoms with E-state index < -0.39 is 0 Å². The lowest BCUT2D eigenvalue weighted by Crippen LogP contribution is -2.28. The number of pyridine rings is 1. The van der Waals surface area contributed by atoms with Gasteiger partial charge in [0.2, 0.25) is 5.56 Å². The Kier molecular flexibility index (Phi) is 4.56. The Hall–Kier alpha value is -1.09. The summed E-state index contributed by atoms with van der Waals surface area (Å²) in [7, 11) is 0. The van der Waals surface area contributed by atoms with E-state index in [1.165, 1.54) is 56.9 Å². The summed E-state index contributed by atoms with van der Waals surface area (Å²) in [6.45, 7) is 1.11. The van der Waals surface area contributed by atoms with Crippen LogP contribution in [0.1, 0.15) is 68.7 Å². The molecular weight excluding hydrogens is 248 g/mol. The van der Waals surface area contributed by atoms with Gasteiger partial charge < -0.3 is 10.3 Å². The van der Waals surface area contributed by atoms with Crippen LogP contribution >= 0.6 is 0 Å². The predicted octanol–water partition coefficient (Wildman–Crippen LogP) is 3.31. The van der Waals surface area contributed by atoms with Gasteiger partial charge in [-0.3, -0.25) is 4.79 Å². The highest BCUT2D eigenvalue weighted by atomic mass is 16.1. The molecule has 1 aromatic heterocycles. The number of H-pyrrole nitrogens is 1. The van der Waals surface area contributed by atoms with E-state index in [-0.39, 0.29) is 5.56 Å². The minimum absolute atomic E-state index is 0.0330. The molecule has 2 aliphatic carbocycles. The van der Waals surface area contributed by atoms with Crippen molar-refractivity contribution in [3.63, 3.8) is 0 Å². The number of hydrogen-bond acceptors (Lipinski definition) is 2. The molecule has 3 rings (SSSR count). The van der Waals surface area contributed by atoms with Crippen molar-refractivity contribution in [2.24, 2.45) is 5.92 Å². The number of aryl methyl sites for hydroxylation is 1. The zero-order valence-corrected chi connectivity index (χ0v) is 12.3. The van der Waals surface area contributed by atoms with Crippen molar-refractivity contribution in [3.8, 4) is 0 Å². The maximum atomic E-state index is 11.4. The quantitative estimate of drug-likeness (QED) is 0.809. The first-order valence-electron chi connectivity index (χ1n) is 8.28. The molecule has 20 heavy (non-hydrogen) atoms. The summed E-state index contributed by atoms with van der Waals surface area (Å²) >= 11 is 0. The Morgan fingerprint density at radius 2 is 2.00 bits per heavy atom. The number of nitrogens with one attached hydrogen (secondary N) is 2. The van der Waals surface area contributed by atoms with E-state index in [4.69, 9.17) is 0 Å². The molecule has 1 heterocycles. The summed E-state index contributed by atoms with van der Waals surface area (Å²) in [6, 6.07) is 4.12. The Labute approximate surface area is 121 Å². The topological polar surface area (TPSA) is 44.9 Å². The van der Waals surface area contributed by atoms with E-state index in [1.807, 2.05) is 6.07 Å². The minimum atomic E-state index is 0.0330. The fraction of sp³-hybridized carbons (Fsp3) is 0.706. The van der Waals surface area contributed by atoms with Gasteiger partial charge in [-0.15, -0.1) is 0 Å². The number of hydrogen-bond donors (Lipinski definition) is 2. The van der Waals surface area contributed by atoms with Crippen LogP contribution in [0.3, 0.4) is 0 Å². The summed E-state index contributed by atoms with van der Waals surface area (Å²) in [5.74, 6) is 0.992. The molecule has 3 heteroatoms. The molecule has 0 radical (unpaired) electrons. The Bertz CT molecular complexity index is 488. The molecule has 1 fully saturated rings. The molecule has 1 aromatic rings. The van der Waals surface area contributed by atoms with Crippen LogP contribution in [0, 0.1) is 5.92 Å². The normalized spacial score (nSPS) is 22.9. The van der Waals surface area contributed by atoms with E-state index in [1.54, 1.807) is 6.07 Å². The molecule has 2 aliphatic rings. The molecule has 0 saturated heterocycles. The van der Waals surface area contributed by atoms with Gasteiger partial charge in [0.05, 0.1) is 0 Å². The van der Waals surface area contributed by atoms with Gasteiger partial charge in [0.1, 0.15) is 0 Å². The molecule has 2 N–H and O–H groups in total. The summed E-state index contributed by atoms with van der Waals surface area (Å²) in [4.78, 5) is 14.4. The lowest BCUT2D eigenvalue weighted by atomic mass is 9.91. The summed E-state index contributed by atoms with van der Waals surface area (Å²) in [6.07, 6.45) is 11.9. The third-order valence-corrected chi connectivity index (χ3v) is 4.99. The molecule has 3 nitrogen and oxygen atoms in total. The molecular formula is C17H26N2O. The predicted molar refractivity (Wildman–Crippen MR) is 81.9 cm³/mol. The maximum absolute atomic E-state index is 11.4. The van der Waals surface area contributed by atoms with Gasteiger partial charge in [-0.05, 0) is 50.1 Å². The second kappa shape index (κ2) is 6.57. The van der Waals surface area contributed by atoms with Gasteiger partial charge in [0.15, 0.2) is 0 Å². The van der Waals surface area contributed by atoms with Gasteiger partial charge in [0, 0.05) is 17.8 Å². The van der Waals surface area contributed by atoms with Crippen LogP contribution in [0.2, 0.25) is 0 Å². The zero-order chi connectivity index (χ0) is 13.8. The van der Waals surface area contributed by atoms with Gasteiger partial charge >= 0.3 is 0 Å². The van der Waals surface area contributed by atoms with E-state index in [2.05, 4.69) is 10.3 Å². The van der Waals surface area contributed by atoms with Crippen LogP contribution in [0.25, 0.3) is 0 Å². The lowest BCUT2D eigenvalue weighted by molar-refractivity contribution is 0.420. The SMILES string of the molecule is O=c1ccc2c([nH]1)CCCC2NCCCC1CCCC1. The van der Waals surface area contributed by atoms with E-state index >= 15 is 0 Å². The van der Waals surface area contributed by atoms with Crippen molar-refractivity contribution in [1.82, 2.24) is 10.3 Å². The van der Waals surface area contributed by atoms with E-state index in [0.29, 0.717) is 6.04 Å². The van der Waals surface area contributed by atoms with Crippen LogP contribution in [0.5, 0.6) is 0 Å². The molecule has 0 aliphatic heterocycles. The van der Waals surface area contributed by atoms with Crippen LogP contribution < -0.4 is 10.9 Å². The first-order chi connectivity index (χ1) is 9.83. The summed E-state index contributed by atoms with van der Waals surface area (Å²) < 4.78 is 0. The van der Waals surface area contributed by atoms with Crippen LogP contribution in [0.4, 0.5) is 0 Å². The van der Waals surface area contributed by atoms with Crippen molar-refractivity contribution >= 4 is 0 Å². The standard InChI is InChI=1S/C17H26N2O/c20-17-11-10-14-15(8-3-9-16(14)19-17)18-12-4-7-13-5-1-2-6-13/h10-11,13,15,18H,1-9,12H2,(H,19,20). The van der Waals surface area contributed by atoms with Crippen LogP contribution in [-0.4, -0.2) is 11.5 Å². The van der Waals surface area contributed by atoms with Crippen LogP contribution in [-0.2, 0) is 6.42 Å². The number of aromatic nitrogens is 1. The maximum Gasteiger partial charge on any atom is 0.248 e. The van der Waals surface area contributed by atoms with E-state index in [0.717, 1.165) is 24.6 Å². The molecule has 0 spiro atoms. The molecule has 110 valence electrons. The smallest absolute Gasteiger partial charge is 0.248 e. The largest absolute Gasteiger partial charge is 0.326 e. The first-order valence-corrected chi connectivity index (χ1v) is 8.28. The molecule has 0 amide bonds. The van der Waals surface area contributed by atoms with Crippen molar-refractivity contribution in [1.29, 1.82) is 0 Å². The average molecular weight is 274 g/mol. The summed E-state index contributed by atoms with van der Waals surface area (Å²) in [5, 5.41) is 3.70. The fourth-order valence-electron chi connectivity index (χ4n) is 3.88. The Balaban J connectivity index is 1.50. The van der Waals surface area contributed by atoms with Crippen molar-refractivity contribution in [2.45, 2.75) is 63.8 Å². The monoisotopic (exact) mass is 274 g/mol. The number of aromatic amines is 1. The minimum Gasteiger partial charge on any atom is -0.326 e. The molecule has 0 aromatic carbocycles. The van der Waals surface area contributed by atoms with Gasteiger partial charge in [-0.25, -0.2) is 0 Å². The number of rotatable bonds is 5. The second-order valence-electron chi connectivity index (χ2n) is 6.45. The third-order valence-electron chi connectivity index (χ3n) is 4.99. The molecule has 1 atom stereocenters. The highest BCUT2D eigenvalue weighted by Gasteiger charge is 2.20. The number of fused-ring (bicyclic) bond motifs is 1. The highest BCUT2D eigenvalue weighted by Crippen LogP contribution is 2.29. The lowest BCUT2D eigenvalue weighted by Gasteiger charge is -2.26. The highest BCUT2D eigenvalue weighted by molar-refractivity contribution is 5.26. The van der Waals surface area contributed by atoms with Gasteiger partial charge in [-0.2, -0.15) is 0 Å². The van der Waals surface area contributed by atoms with Crippen LogP contribution in [0.15, 0.2) is 16.9 Å². The first kappa shape index (κ1) is 13.9. The van der Waals surface area contributed by atoms with Crippen molar-refractivity contribution in [3.05, 3.63) is 33.7 Å². The van der Waals surface area contributed by atoms with Gasteiger partial charge in [-0.1, -0.05) is 31.7 Å².